The van der Waals surface area contributed by atoms with Gasteiger partial charge in [0.1, 0.15) is 12.1 Å². The third-order valence-electron chi connectivity index (χ3n) is 10.9. The first kappa shape index (κ1) is 39.2. The molecular formula is C34H61N5O7S. The summed E-state index contributed by atoms with van der Waals surface area (Å²) in [6.45, 7) is 8.98. The number of carbonyl (C=O) groups excluding carboxylic acids is 4. The molecule has 1 saturated carbocycles. The number of urea groups is 1. The van der Waals surface area contributed by atoms with Crippen molar-refractivity contribution in [1.82, 2.24) is 20.9 Å². The third-order valence-corrected chi connectivity index (χ3v) is 14.0. The predicted molar refractivity (Wildman–Crippen MR) is 182 cm³/mol. The van der Waals surface area contributed by atoms with Crippen LogP contribution in [-0.4, -0.2) is 88.5 Å². The van der Waals surface area contributed by atoms with Gasteiger partial charge in [-0.25, -0.2) is 13.2 Å². The zero-order valence-electron chi connectivity index (χ0n) is 29.3. The molecule has 0 spiro atoms. The Morgan fingerprint density at radius 2 is 1.49 bits per heavy atom. The molecule has 0 aromatic carbocycles. The van der Waals surface area contributed by atoms with E-state index < -0.39 is 67.4 Å². The fourth-order valence-corrected chi connectivity index (χ4v) is 9.80. The number of amides is 4. The molecule has 2 heterocycles. The van der Waals surface area contributed by atoms with Crippen molar-refractivity contribution in [2.45, 2.75) is 177 Å². The Morgan fingerprint density at radius 1 is 0.957 bits per heavy atom. The molecule has 3 rings (SSSR count). The minimum atomic E-state index is -3.62. The highest BCUT2D eigenvalue weighted by Gasteiger charge is 2.55. The predicted octanol–water partition coefficient (Wildman–Crippen LogP) is 3.44. The lowest BCUT2D eigenvalue weighted by atomic mass is 9.73. The van der Waals surface area contributed by atoms with Crippen molar-refractivity contribution in [2.75, 3.05) is 6.54 Å². The zero-order valence-corrected chi connectivity index (χ0v) is 30.1. The molecule has 0 aromatic heterocycles. The molecule has 0 aromatic rings. The van der Waals surface area contributed by atoms with E-state index in [2.05, 4.69) is 16.0 Å². The standard InChI is InChI=1S/C34H61N5O7S/c1-23(2)47(45,46)33(4,5)34(19-15-12-16-20-34)38-32(44)37-26-18-14-11-9-7-6-8-10-13-17-25(28(40)29(35)41)36-30(42)27-21-24(3)22-39(27)31(26)43/h23-27,29,41H,6-22,35H2,1-5H3,(H,36,42)(H2,37,38,44)/t24-,25+,26+,27?,29?/m1/s1. The third kappa shape index (κ3) is 9.47. The molecule has 1 aliphatic carbocycles. The van der Waals surface area contributed by atoms with E-state index in [4.69, 9.17) is 5.73 Å². The van der Waals surface area contributed by atoms with E-state index >= 15 is 0 Å². The Morgan fingerprint density at radius 3 is 2.04 bits per heavy atom. The summed E-state index contributed by atoms with van der Waals surface area (Å²) in [7, 11) is -3.62. The summed E-state index contributed by atoms with van der Waals surface area (Å²) in [6.07, 6.45) is 10.2. The number of carbonyl (C=O) groups is 4. The number of ketones is 1. The van der Waals surface area contributed by atoms with Gasteiger partial charge in [0, 0.05) is 6.54 Å². The van der Waals surface area contributed by atoms with Gasteiger partial charge >= 0.3 is 6.03 Å². The van der Waals surface area contributed by atoms with Crippen molar-refractivity contribution >= 4 is 33.5 Å². The molecule has 12 nitrogen and oxygen atoms in total. The summed E-state index contributed by atoms with van der Waals surface area (Å²) in [4.78, 5) is 55.9. The zero-order chi connectivity index (χ0) is 35.0. The van der Waals surface area contributed by atoms with E-state index in [9.17, 15) is 32.7 Å². The SMILES string of the molecule is CC(C)S(=O)(=O)C(C)(C)C1(NC(=O)N[C@H]2CCCCCCCCCC[C@@H](C(=O)C(N)O)NC(=O)C3C[C@@H](C)CN3C2=O)CCCCC1. The molecule has 5 atom stereocenters. The second-order valence-electron chi connectivity index (χ2n) is 15.1. The second-order valence-corrected chi connectivity index (χ2v) is 18.1. The maximum atomic E-state index is 14.2. The van der Waals surface area contributed by atoms with Gasteiger partial charge in [-0.05, 0) is 65.7 Å². The van der Waals surface area contributed by atoms with Crippen molar-refractivity contribution < 1.29 is 32.7 Å². The fraction of sp³-hybridized carbons (Fsp3) is 0.882. The minimum Gasteiger partial charge on any atom is -0.371 e. The van der Waals surface area contributed by atoms with Crippen LogP contribution in [0.5, 0.6) is 0 Å². The maximum Gasteiger partial charge on any atom is 0.315 e. The average Bonchev–Trinajstić information content (AvgIpc) is 3.41. The van der Waals surface area contributed by atoms with Crippen LogP contribution in [0.2, 0.25) is 0 Å². The number of hydrogen-bond donors (Lipinski definition) is 5. The summed E-state index contributed by atoms with van der Waals surface area (Å²) in [5.41, 5.74) is 4.49. The van der Waals surface area contributed by atoms with Crippen LogP contribution in [0.25, 0.3) is 0 Å². The Labute approximate surface area is 282 Å². The number of nitrogens with two attached hydrogens (primary N) is 1. The van der Waals surface area contributed by atoms with Crippen LogP contribution in [0, 0.1) is 5.92 Å². The fourth-order valence-electron chi connectivity index (χ4n) is 7.82. The summed E-state index contributed by atoms with van der Waals surface area (Å²) >= 11 is 0. The molecule has 4 amide bonds. The van der Waals surface area contributed by atoms with E-state index in [0.717, 1.165) is 57.8 Å². The summed E-state index contributed by atoms with van der Waals surface area (Å²) < 4.78 is 25.9. The van der Waals surface area contributed by atoms with Gasteiger partial charge in [-0.1, -0.05) is 77.6 Å². The molecule has 2 aliphatic heterocycles. The van der Waals surface area contributed by atoms with E-state index in [0.29, 0.717) is 51.5 Å². The molecule has 47 heavy (non-hydrogen) atoms. The highest BCUT2D eigenvalue weighted by atomic mass is 32.2. The van der Waals surface area contributed by atoms with Gasteiger partial charge in [0.05, 0.1) is 21.6 Å². The van der Waals surface area contributed by atoms with Crippen LogP contribution < -0.4 is 21.7 Å². The van der Waals surface area contributed by atoms with E-state index in [1.807, 2.05) is 6.92 Å². The number of nitrogens with one attached hydrogen (secondary N) is 3. The van der Waals surface area contributed by atoms with Crippen molar-refractivity contribution in [1.29, 1.82) is 0 Å². The Balaban J connectivity index is 1.89. The van der Waals surface area contributed by atoms with Gasteiger partial charge < -0.3 is 26.0 Å². The Hall–Kier alpha value is -2.25. The lowest BCUT2D eigenvalue weighted by molar-refractivity contribution is -0.141. The molecular weight excluding hydrogens is 622 g/mol. The number of Topliss-reactive ketones (excluding diaryl/α,β-unsaturated/α-hetero) is 1. The van der Waals surface area contributed by atoms with Crippen LogP contribution in [0.3, 0.4) is 0 Å². The molecule has 3 aliphatic rings. The van der Waals surface area contributed by atoms with E-state index in [-0.39, 0.29) is 11.8 Å². The maximum absolute atomic E-state index is 14.2. The minimum absolute atomic E-state index is 0.0107. The Bertz CT molecular complexity index is 1200. The topological polar surface area (TPSA) is 188 Å². The van der Waals surface area contributed by atoms with Crippen molar-refractivity contribution in [3.05, 3.63) is 0 Å². The molecule has 0 bridgehead atoms. The van der Waals surface area contributed by atoms with Crippen LogP contribution >= 0.6 is 0 Å². The van der Waals surface area contributed by atoms with Gasteiger partial charge in [0.25, 0.3) is 0 Å². The van der Waals surface area contributed by atoms with Crippen LogP contribution in [-0.2, 0) is 24.2 Å². The number of sulfone groups is 1. The van der Waals surface area contributed by atoms with Crippen LogP contribution in [0.1, 0.15) is 137 Å². The molecule has 2 saturated heterocycles. The van der Waals surface area contributed by atoms with E-state index in [1.165, 1.54) is 4.90 Å². The molecule has 13 heteroatoms. The van der Waals surface area contributed by atoms with Gasteiger partial charge in [0.15, 0.2) is 21.8 Å². The van der Waals surface area contributed by atoms with Gasteiger partial charge in [-0.2, -0.15) is 0 Å². The molecule has 2 unspecified atom stereocenters. The number of fused-ring (bicyclic) bond motifs is 1. The number of nitrogens with zero attached hydrogens (tertiary/aromatic N) is 1. The number of aliphatic hydroxyl groups excluding tert-OH is 1. The first-order chi connectivity index (χ1) is 22.0. The van der Waals surface area contributed by atoms with Gasteiger partial charge in [-0.3, -0.25) is 20.1 Å². The average molecular weight is 684 g/mol. The highest BCUT2D eigenvalue weighted by molar-refractivity contribution is 7.93. The van der Waals surface area contributed by atoms with Gasteiger partial charge in [-0.15, -0.1) is 0 Å². The number of hydrogen-bond acceptors (Lipinski definition) is 8. The summed E-state index contributed by atoms with van der Waals surface area (Å²) in [5.74, 6) is -1.49. The Kier molecular flexibility index (Phi) is 14.1. The molecule has 0 radical (unpaired) electrons. The van der Waals surface area contributed by atoms with Crippen LogP contribution in [0.4, 0.5) is 4.79 Å². The van der Waals surface area contributed by atoms with Crippen molar-refractivity contribution in [3.8, 4) is 0 Å². The molecule has 6 N–H and O–H groups in total. The normalized spacial score (nSPS) is 28.1. The molecule has 3 fully saturated rings. The van der Waals surface area contributed by atoms with E-state index in [1.54, 1.807) is 27.7 Å². The largest absolute Gasteiger partial charge is 0.371 e. The summed E-state index contributed by atoms with van der Waals surface area (Å²) in [5, 5.41) is 18.0. The van der Waals surface area contributed by atoms with Crippen molar-refractivity contribution in [3.63, 3.8) is 0 Å². The first-order valence-corrected chi connectivity index (χ1v) is 19.5. The number of aliphatic hydroxyl groups is 1. The summed E-state index contributed by atoms with van der Waals surface area (Å²) in [6, 6.07) is -3.30. The second kappa shape index (κ2) is 16.9. The highest BCUT2D eigenvalue weighted by Crippen LogP contribution is 2.43. The quantitative estimate of drug-likeness (QED) is 0.252. The smallest absolute Gasteiger partial charge is 0.315 e. The van der Waals surface area contributed by atoms with Crippen molar-refractivity contribution in [2.24, 2.45) is 11.7 Å². The van der Waals surface area contributed by atoms with Crippen LogP contribution in [0.15, 0.2) is 0 Å². The lowest BCUT2D eigenvalue weighted by Gasteiger charge is -2.49. The monoisotopic (exact) mass is 683 g/mol. The first-order valence-electron chi connectivity index (χ1n) is 17.9. The number of rotatable bonds is 7. The van der Waals surface area contributed by atoms with Gasteiger partial charge in [0.2, 0.25) is 11.8 Å². The lowest BCUT2D eigenvalue weighted by Crippen LogP contribution is -2.68. The molecule has 270 valence electrons.